The number of carbonyl (C=O) groups is 4. The van der Waals surface area contributed by atoms with Crippen LogP contribution >= 0.6 is 11.3 Å². The minimum Gasteiger partial charge on any atom is -0.497 e. The number of hydrogen-bond donors (Lipinski definition) is 3. The second-order valence-electron chi connectivity index (χ2n) is 6.61. The fraction of sp³-hybridized carbons (Fsp3) is 0.300. The summed E-state index contributed by atoms with van der Waals surface area (Å²) in [6, 6.07) is 6.94. The number of primary amides is 1. The van der Waals surface area contributed by atoms with Gasteiger partial charge >= 0.3 is 5.97 Å². The Morgan fingerprint density at radius 1 is 1.10 bits per heavy atom. The molecule has 0 radical (unpaired) electrons. The van der Waals surface area contributed by atoms with Crippen molar-refractivity contribution >= 4 is 40.0 Å². The van der Waals surface area contributed by atoms with E-state index in [0.29, 0.717) is 11.3 Å². The molecular weight excluding hydrogens is 410 g/mol. The molecule has 10 heteroatoms. The van der Waals surface area contributed by atoms with Gasteiger partial charge in [-0.15, -0.1) is 11.3 Å². The van der Waals surface area contributed by atoms with Crippen molar-refractivity contribution in [1.82, 2.24) is 5.32 Å². The summed E-state index contributed by atoms with van der Waals surface area (Å²) in [6.45, 7) is 2.91. The number of esters is 1. The van der Waals surface area contributed by atoms with Gasteiger partial charge in [0, 0.05) is 5.56 Å². The third kappa shape index (κ3) is 6.05. The Labute approximate surface area is 177 Å². The molecule has 4 N–H and O–H groups in total. The van der Waals surface area contributed by atoms with Gasteiger partial charge in [0.1, 0.15) is 16.8 Å². The molecule has 0 aliphatic rings. The topological polar surface area (TPSA) is 137 Å². The van der Waals surface area contributed by atoms with Crippen LogP contribution in [0.3, 0.4) is 0 Å². The Hall–Kier alpha value is -3.40. The van der Waals surface area contributed by atoms with Crippen LogP contribution in [-0.4, -0.2) is 43.4 Å². The van der Waals surface area contributed by atoms with E-state index in [-0.39, 0.29) is 16.5 Å². The first-order valence-electron chi connectivity index (χ1n) is 9.01. The minimum absolute atomic E-state index is 0.173. The van der Waals surface area contributed by atoms with Crippen LogP contribution in [0, 0.1) is 5.92 Å². The maximum Gasteiger partial charge on any atom is 0.329 e. The number of ether oxygens (including phenoxy) is 2. The van der Waals surface area contributed by atoms with Crippen molar-refractivity contribution < 1.29 is 28.7 Å². The largest absolute Gasteiger partial charge is 0.497 e. The molecule has 1 aromatic heterocycles. The third-order valence-corrected chi connectivity index (χ3v) is 4.92. The summed E-state index contributed by atoms with van der Waals surface area (Å²) in [5.74, 6) is -2.18. The van der Waals surface area contributed by atoms with Gasteiger partial charge in [-0.25, -0.2) is 4.79 Å². The average molecular weight is 433 g/mol. The van der Waals surface area contributed by atoms with E-state index in [0.717, 1.165) is 11.3 Å². The third-order valence-electron chi connectivity index (χ3n) is 4.09. The molecule has 1 aromatic carbocycles. The molecule has 1 atom stereocenters. The predicted molar refractivity (Wildman–Crippen MR) is 112 cm³/mol. The number of benzene rings is 1. The molecule has 0 aliphatic carbocycles. The molecule has 0 aliphatic heterocycles. The molecule has 160 valence electrons. The Kier molecular flexibility index (Phi) is 7.93. The van der Waals surface area contributed by atoms with Crippen LogP contribution < -0.4 is 21.1 Å². The van der Waals surface area contributed by atoms with E-state index in [4.69, 9.17) is 15.2 Å². The number of hydrogen-bond acceptors (Lipinski definition) is 7. The second kappa shape index (κ2) is 10.4. The van der Waals surface area contributed by atoms with Gasteiger partial charge in [-0.3, -0.25) is 14.4 Å². The van der Waals surface area contributed by atoms with Gasteiger partial charge in [0.05, 0.1) is 12.7 Å². The number of anilines is 1. The van der Waals surface area contributed by atoms with Gasteiger partial charge in [-0.2, -0.15) is 0 Å². The van der Waals surface area contributed by atoms with Crippen molar-refractivity contribution in [3.63, 3.8) is 0 Å². The van der Waals surface area contributed by atoms with Crippen LogP contribution in [-0.2, 0) is 14.3 Å². The van der Waals surface area contributed by atoms with Crippen molar-refractivity contribution in [1.29, 1.82) is 0 Å². The SMILES string of the molecule is COc1ccc(C(=O)N[C@H](C(=O)OCC(=O)Nc2sccc2C(N)=O)C(C)C)cc1. The highest BCUT2D eigenvalue weighted by atomic mass is 32.1. The molecule has 0 unspecified atom stereocenters. The monoisotopic (exact) mass is 433 g/mol. The van der Waals surface area contributed by atoms with Crippen LogP contribution in [0.4, 0.5) is 5.00 Å². The Morgan fingerprint density at radius 3 is 2.33 bits per heavy atom. The summed E-state index contributed by atoms with van der Waals surface area (Å²) < 4.78 is 10.1. The molecule has 0 spiro atoms. The van der Waals surface area contributed by atoms with Crippen molar-refractivity contribution in [2.75, 3.05) is 19.0 Å². The molecule has 0 saturated heterocycles. The van der Waals surface area contributed by atoms with Crippen LogP contribution in [0.15, 0.2) is 35.7 Å². The fourth-order valence-corrected chi connectivity index (χ4v) is 3.26. The lowest BCUT2D eigenvalue weighted by molar-refractivity contribution is -0.150. The van der Waals surface area contributed by atoms with Crippen LogP contribution in [0.2, 0.25) is 0 Å². The standard InChI is InChI=1S/C20H23N3O6S/c1-11(2)16(23-18(26)12-4-6-13(28-3)7-5-12)20(27)29-10-15(24)22-19-14(17(21)25)8-9-30-19/h4-9,11,16H,10H2,1-3H3,(H2,21,25)(H,22,24)(H,23,26)/t16-/m0/s1. The highest BCUT2D eigenvalue weighted by Gasteiger charge is 2.27. The van der Waals surface area contributed by atoms with E-state index in [2.05, 4.69) is 10.6 Å². The van der Waals surface area contributed by atoms with Crippen molar-refractivity contribution in [2.24, 2.45) is 11.7 Å². The number of nitrogens with two attached hydrogens (primary N) is 1. The summed E-state index contributed by atoms with van der Waals surface area (Å²) >= 11 is 1.12. The van der Waals surface area contributed by atoms with Gasteiger partial charge < -0.3 is 25.8 Å². The molecule has 2 rings (SSSR count). The molecule has 0 saturated carbocycles. The number of thiophene rings is 1. The number of rotatable bonds is 9. The zero-order valence-corrected chi connectivity index (χ0v) is 17.6. The van der Waals surface area contributed by atoms with Crippen molar-refractivity contribution in [2.45, 2.75) is 19.9 Å². The summed E-state index contributed by atoms with van der Waals surface area (Å²) in [4.78, 5) is 48.2. The number of carbonyl (C=O) groups excluding carboxylic acids is 4. The van der Waals surface area contributed by atoms with E-state index in [1.807, 2.05) is 0 Å². The smallest absolute Gasteiger partial charge is 0.329 e. The Balaban J connectivity index is 1.94. The highest BCUT2D eigenvalue weighted by Crippen LogP contribution is 2.22. The van der Waals surface area contributed by atoms with Gasteiger partial charge in [0.2, 0.25) is 0 Å². The molecule has 30 heavy (non-hydrogen) atoms. The lowest BCUT2D eigenvalue weighted by atomic mass is 10.0. The summed E-state index contributed by atoms with van der Waals surface area (Å²) in [5.41, 5.74) is 5.75. The number of nitrogens with one attached hydrogen (secondary N) is 2. The van der Waals surface area contributed by atoms with E-state index < -0.39 is 36.3 Å². The Bertz CT molecular complexity index is 923. The lowest BCUT2D eigenvalue weighted by Gasteiger charge is -2.20. The zero-order valence-electron chi connectivity index (χ0n) is 16.8. The van der Waals surface area contributed by atoms with Gasteiger partial charge in [0.15, 0.2) is 6.61 Å². The number of methoxy groups -OCH3 is 1. The van der Waals surface area contributed by atoms with E-state index in [1.54, 1.807) is 43.5 Å². The molecule has 1 heterocycles. The fourth-order valence-electron chi connectivity index (χ4n) is 2.45. The van der Waals surface area contributed by atoms with E-state index in [1.165, 1.54) is 13.2 Å². The van der Waals surface area contributed by atoms with Gasteiger partial charge in [-0.1, -0.05) is 13.8 Å². The van der Waals surface area contributed by atoms with Crippen molar-refractivity contribution in [3.05, 3.63) is 46.8 Å². The highest BCUT2D eigenvalue weighted by molar-refractivity contribution is 7.14. The maximum atomic E-state index is 12.4. The Morgan fingerprint density at radius 2 is 1.77 bits per heavy atom. The average Bonchev–Trinajstić information content (AvgIpc) is 3.18. The van der Waals surface area contributed by atoms with Crippen molar-refractivity contribution in [3.8, 4) is 5.75 Å². The maximum absolute atomic E-state index is 12.4. The van der Waals surface area contributed by atoms with E-state index >= 15 is 0 Å². The number of amides is 3. The molecule has 3 amide bonds. The first-order valence-corrected chi connectivity index (χ1v) is 9.89. The van der Waals surface area contributed by atoms with Crippen LogP contribution in [0.5, 0.6) is 5.75 Å². The molecule has 2 aromatic rings. The zero-order chi connectivity index (χ0) is 22.3. The molecular formula is C20H23N3O6S. The lowest BCUT2D eigenvalue weighted by Crippen LogP contribution is -2.45. The summed E-state index contributed by atoms with van der Waals surface area (Å²) in [5, 5.41) is 6.97. The molecule has 0 bridgehead atoms. The summed E-state index contributed by atoms with van der Waals surface area (Å²) in [7, 11) is 1.52. The summed E-state index contributed by atoms with van der Waals surface area (Å²) in [6.07, 6.45) is 0. The van der Waals surface area contributed by atoms with Crippen LogP contribution in [0.25, 0.3) is 0 Å². The second-order valence-corrected chi connectivity index (χ2v) is 7.52. The van der Waals surface area contributed by atoms with E-state index in [9.17, 15) is 19.2 Å². The predicted octanol–water partition coefficient (Wildman–Crippen LogP) is 1.79. The van der Waals surface area contributed by atoms with Gasteiger partial charge in [-0.05, 0) is 41.6 Å². The minimum atomic E-state index is -0.949. The van der Waals surface area contributed by atoms with Gasteiger partial charge in [0.25, 0.3) is 17.7 Å². The quantitative estimate of drug-likeness (QED) is 0.516. The molecule has 9 nitrogen and oxygen atoms in total. The first kappa shape index (κ1) is 22.9. The molecule has 0 fully saturated rings. The normalized spacial score (nSPS) is 11.5. The first-order chi connectivity index (χ1) is 14.2. The van der Waals surface area contributed by atoms with Crippen LogP contribution in [0.1, 0.15) is 34.6 Å².